The second-order valence-electron chi connectivity index (χ2n) is 3.42. The highest BCUT2D eigenvalue weighted by Crippen LogP contribution is 2.13. The summed E-state index contributed by atoms with van der Waals surface area (Å²) >= 11 is 0. The number of imidazole rings is 1. The Morgan fingerprint density at radius 3 is 2.46 bits per heavy atom. The van der Waals surface area contributed by atoms with Crippen molar-refractivity contribution in [3.05, 3.63) is 29.0 Å². The van der Waals surface area contributed by atoms with Crippen molar-refractivity contribution in [3.63, 3.8) is 0 Å². The van der Waals surface area contributed by atoms with Gasteiger partial charge in [0.25, 0.3) is 0 Å². The van der Waals surface area contributed by atoms with Gasteiger partial charge in [0, 0.05) is 17.5 Å². The third kappa shape index (κ3) is 1.11. The van der Waals surface area contributed by atoms with Crippen LogP contribution in [0.4, 0.5) is 0 Å². The Kier molecular flexibility index (Phi) is 1.62. The van der Waals surface area contributed by atoms with E-state index in [2.05, 4.69) is 21.3 Å². The van der Waals surface area contributed by atoms with Crippen molar-refractivity contribution in [1.82, 2.24) is 14.4 Å². The molecule has 0 bridgehead atoms. The number of hydrogen-bond donors (Lipinski definition) is 0. The monoisotopic (exact) mass is 175 g/mol. The van der Waals surface area contributed by atoms with E-state index in [1.807, 2.05) is 26.8 Å². The molecular formula is C10H13N3. The van der Waals surface area contributed by atoms with Crippen molar-refractivity contribution in [2.45, 2.75) is 27.7 Å². The molecule has 2 heterocycles. The average molecular weight is 175 g/mol. The summed E-state index contributed by atoms with van der Waals surface area (Å²) in [7, 11) is 0. The standard InChI is InChI=1S/C10H13N3/c1-6-5-10-12-7(2)8(3)13(10)9(4)11-6/h5H,1-4H3. The van der Waals surface area contributed by atoms with Gasteiger partial charge in [-0.05, 0) is 27.7 Å². The van der Waals surface area contributed by atoms with Crippen molar-refractivity contribution >= 4 is 5.65 Å². The van der Waals surface area contributed by atoms with Gasteiger partial charge in [0.1, 0.15) is 11.5 Å². The maximum atomic E-state index is 4.46. The molecule has 0 fully saturated rings. The SMILES string of the molecule is Cc1cc2nc(C)c(C)n2c(C)n1. The third-order valence-corrected chi connectivity index (χ3v) is 2.37. The van der Waals surface area contributed by atoms with Crippen LogP contribution in [0.3, 0.4) is 0 Å². The second-order valence-corrected chi connectivity index (χ2v) is 3.42. The molecule has 2 aromatic rings. The normalized spacial score (nSPS) is 11.1. The summed E-state index contributed by atoms with van der Waals surface area (Å²) in [6.07, 6.45) is 0. The van der Waals surface area contributed by atoms with Crippen LogP contribution >= 0.6 is 0 Å². The van der Waals surface area contributed by atoms with Gasteiger partial charge in [-0.1, -0.05) is 0 Å². The van der Waals surface area contributed by atoms with Crippen LogP contribution in [-0.2, 0) is 0 Å². The lowest BCUT2D eigenvalue weighted by molar-refractivity contribution is 0.932. The minimum atomic E-state index is 1.00. The molecule has 3 nitrogen and oxygen atoms in total. The van der Waals surface area contributed by atoms with Gasteiger partial charge in [0.15, 0.2) is 0 Å². The van der Waals surface area contributed by atoms with Gasteiger partial charge in [-0.3, -0.25) is 4.40 Å². The molecule has 0 amide bonds. The smallest absolute Gasteiger partial charge is 0.140 e. The Bertz CT molecular complexity index is 468. The molecule has 0 aliphatic carbocycles. The highest BCUT2D eigenvalue weighted by atomic mass is 15.1. The Morgan fingerprint density at radius 2 is 1.77 bits per heavy atom. The predicted molar refractivity (Wildman–Crippen MR) is 51.9 cm³/mol. The first kappa shape index (κ1) is 8.23. The summed E-state index contributed by atoms with van der Waals surface area (Å²) in [5, 5.41) is 0. The number of aromatic nitrogens is 3. The second kappa shape index (κ2) is 2.55. The number of aryl methyl sites for hydroxylation is 4. The zero-order valence-corrected chi connectivity index (χ0v) is 8.42. The molecule has 0 N–H and O–H groups in total. The fraction of sp³-hybridized carbons (Fsp3) is 0.400. The molecular weight excluding hydrogens is 162 g/mol. The highest BCUT2D eigenvalue weighted by Gasteiger charge is 2.06. The largest absolute Gasteiger partial charge is 0.285 e. The maximum absolute atomic E-state index is 4.46. The zero-order chi connectivity index (χ0) is 9.59. The molecule has 2 rings (SSSR count). The summed E-state index contributed by atoms with van der Waals surface area (Å²) < 4.78 is 2.09. The first-order chi connectivity index (χ1) is 6.09. The van der Waals surface area contributed by atoms with Gasteiger partial charge in [0.05, 0.1) is 5.69 Å². The molecule has 0 aliphatic heterocycles. The van der Waals surface area contributed by atoms with E-state index in [1.165, 1.54) is 5.69 Å². The highest BCUT2D eigenvalue weighted by molar-refractivity contribution is 5.44. The van der Waals surface area contributed by atoms with E-state index in [0.717, 1.165) is 22.9 Å². The maximum Gasteiger partial charge on any atom is 0.140 e. The summed E-state index contributed by atoms with van der Waals surface area (Å²) in [5.74, 6) is 1.01. The topological polar surface area (TPSA) is 30.2 Å². The molecule has 0 aliphatic rings. The summed E-state index contributed by atoms with van der Waals surface area (Å²) in [6.45, 7) is 8.09. The predicted octanol–water partition coefficient (Wildman–Crippen LogP) is 1.96. The lowest BCUT2D eigenvalue weighted by Gasteiger charge is -2.02. The Morgan fingerprint density at radius 1 is 1.08 bits per heavy atom. The Labute approximate surface area is 77.4 Å². The molecule has 0 saturated heterocycles. The number of nitrogens with zero attached hydrogens (tertiary/aromatic N) is 3. The lowest BCUT2D eigenvalue weighted by Crippen LogP contribution is -1.98. The van der Waals surface area contributed by atoms with Gasteiger partial charge in [-0.15, -0.1) is 0 Å². The summed E-state index contributed by atoms with van der Waals surface area (Å²) in [6, 6.07) is 2.01. The van der Waals surface area contributed by atoms with Gasteiger partial charge < -0.3 is 0 Å². The van der Waals surface area contributed by atoms with Gasteiger partial charge in [-0.25, -0.2) is 9.97 Å². The third-order valence-electron chi connectivity index (χ3n) is 2.37. The fourth-order valence-corrected chi connectivity index (χ4v) is 1.67. The molecule has 0 unspecified atom stereocenters. The van der Waals surface area contributed by atoms with E-state index >= 15 is 0 Å². The first-order valence-corrected chi connectivity index (χ1v) is 4.39. The number of hydrogen-bond acceptors (Lipinski definition) is 2. The van der Waals surface area contributed by atoms with E-state index < -0.39 is 0 Å². The van der Waals surface area contributed by atoms with E-state index in [-0.39, 0.29) is 0 Å². The van der Waals surface area contributed by atoms with Crippen LogP contribution in [-0.4, -0.2) is 14.4 Å². The Hall–Kier alpha value is -1.38. The van der Waals surface area contributed by atoms with Crippen LogP contribution in [0.1, 0.15) is 22.9 Å². The molecule has 0 saturated carbocycles. The van der Waals surface area contributed by atoms with Gasteiger partial charge in [0.2, 0.25) is 0 Å². The minimum Gasteiger partial charge on any atom is -0.285 e. The van der Waals surface area contributed by atoms with Gasteiger partial charge >= 0.3 is 0 Å². The number of fused-ring (bicyclic) bond motifs is 1. The molecule has 13 heavy (non-hydrogen) atoms. The number of rotatable bonds is 0. The van der Waals surface area contributed by atoms with E-state index in [0.29, 0.717) is 0 Å². The van der Waals surface area contributed by atoms with Crippen LogP contribution in [0, 0.1) is 27.7 Å². The van der Waals surface area contributed by atoms with Crippen molar-refractivity contribution in [2.75, 3.05) is 0 Å². The fourth-order valence-electron chi connectivity index (χ4n) is 1.67. The Balaban J connectivity index is 2.94. The van der Waals surface area contributed by atoms with Gasteiger partial charge in [-0.2, -0.15) is 0 Å². The van der Waals surface area contributed by atoms with Crippen molar-refractivity contribution in [2.24, 2.45) is 0 Å². The quantitative estimate of drug-likeness (QED) is 0.612. The van der Waals surface area contributed by atoms with E-state index in [9.17, 15) is 0 Å². The molecule has 2 aromatic heterocycles. The van der Waals surface area contributed by atoms with Crippen LogP contribution in [0.15, 0.2) is 6.07 Å². The lowest BCUT2D eigenvalue weighted by atomic mass is 10.4. The van der Waals surface area contributed by atoms with Crippen LogP contribution in [0.5, 0.6) is 0 Å². The molecule has 0 atom stereocenters. The molecule has 3 heteroatoms. The van der Waals surface area contributed by atoms with Crippen LogP contribution in [0.2, 0.25) is 0 Å². The van der Waals surface area contributed by atoms with Crippen molar-refractivity contribution in [3.8, 4) is 0 Å². The van der Waals surface area contributed by atoms with E-state index in [4.69, 9.17) is 0 Å². The zero-order valence-electron chi connectivity index (χ0n) is 8.42. The summed E-state index contributed by atoms with van der Waals surface area (Å²) in [5.41, 5.74) is 4.28. The summed E-state index contributed by atoms with van der Waals surface area (Å²) in [4.78, 5) is 8.86. The molecule has 0 radical (unpaired) electrons. The van der Waals surface area contributed by atoms with Crippen molar-refractivity contribution < 1.29 is 0 Å². The molecule has 68 valence electrons. The van der Waals surface area contributed by atoms with Crippen LogP contribution in [0.25, 0.3) is 5.65 Å². The van der Waals surface area contributed by atoms with E-state index in [1.54, 1.807) is 0 Å². The minimum absolute atomic E-state index is 1.00. The van der Waals surface area contributed by atoms with Crippen molar-refractivity contribution in [1.29, 1.82) is 0 Å². The first-order valence-electron chi connectivity index (χ1n) is 4.39. The average Bonchev–Trinajstić information content (AvgIpc) is 2.27. The molecule has 0 spiro atoms. The van der Waals surface area contributed by atoms with Crippen LogP contribution < -0.4 is 0 Å². The molecule has 0 aromatic carbocycles.